The van der Waals surface area contributed by atoms with Crippen LogP contribution in [-0.4, -0.2) is 17.3 Å². The van der Waals surface area contributed by atoms with Crippen LogP contribution in [0.15, 0.2) is 30.3 Å². The van der Waals surface area contributed by atoms with Crippen LogP contribution in [-0.2, 0) is 4.74 Å². The van der Waals surface area contributed by atoms with Gasteiger partial charge in [-0.1, -0.05) is 49.6 Å². The highest BCUT2D eigenvalue weighted by atomic mass is 16.5. The molecule has 1 aromatic rings. The van der Waals surface area contributed by atoms with E-state index in [0.29, 0.717) is 5.92 Å². The third-order valence-corrected chi connectivity index (χ3v) is 5.10. The fraction of sp³-hybridized carbons (Fsp3) is 0.667. The number of ether oxygens (including phenoxy) is 1. The summed E-state index contributed by atoms with van der Waals surface area (Å²) in [5, 5.41) is 10.4. The van der Waals surface area contributed by atoms with Crippen LogP contribution in [0.25, 0.3) is 0 Å². The zero-order valence-corrected chi connectivity index (χ0v) is 12.3. The van der Waals surface area contributed by atoms with Crippen LogP contribution in [0.5, 0.6) is 0 Å². The first kappa shape index (κ1) is 14.1. The van der Waals surface area contributed by atoms with Crippen LogP contribution in [0.3, 0.4) is 0 Å². The van der Waals surface area contributed by atoms with Gasteiger partial charge in [-0.25, -0.2) is 0 Å². The Morgan fingerprint density at radius 3 is 2.65 bits per heavy atom. The molecule has 2 nitrogen and oxygen atoms in total. The van der Waals surface area contributed by atoms with Crippen LogP contribution < -0.4 is 0 Å². The summed E-state index contributed by atoms with van der Waals surface area (Å²) < 4.78 is 6.14. The van der Waals surface area contributed by atoms with Crippen LogP contribution in [0.1, 0.15) is 63.0 Å². The Labute approximate surface area is 122 Å². The number of hydrogen-bond acceptors (Lipinski definition) is 2. The predicted octanol–water partition coefficient (Wildman–Crippen LogP) is 4.24. The maximum Gasteiger partial charge on any atom is 0.0792 e. The average Bonchev–Trinajstić information content (AvgIpc) is 2.49. The minimum Gasteiger partial charge on any atom is -0.388 e. The molecule has 0 amide bonds. The Kier molecular flexibility index (Phi) is 4.42. The summed E-state index contributed by atoms with van der Waals surface area (Å²) in [7, 11) is 0. The van der Waals surface area contributed by atoms with E-state index in [1.165, 1.54) is 32.1 Å². The Hall–Kier alpha value is -0.860. The molecule has 1 saturated heterocycles. The van der Waals surface area contributed by atoms with E-state index >= 15 is 0 Å². The quantitative estimate of drug-likeness (QED) is 0.893. The summed E-state index contributed by atoms with van der Waals surface area (Å²) in [5.41, 5.74) is 1.20. The SMILES string of the molecule is OC(CC1CCOC2(CCCCC2)C1)c1ccccc1. The minimum absolute atomic E-state index is 0.150. The molecular formula is C18H26O2. The van der Waals surface area contributed by atoms with Gasteiger partial charge in [0.2, 0.25) is 0 Å². The molecule has 2 unspecified atom stereocenters. The van der Waals surface area contributed by atoms with E-state index in [9.17, 15) is 5.11 Å². The lowest BCUT2D eigenvalue weighted by Crippen LogP contribution is -2.41. The molecule has 2 heteroatoms. The lowest BCUT2D eigenvalue weighted by atomic mass is 9.74. The first-order valence-corrected chi connectivity index (χ1v) is 8.14. The van der Waals surface area contributed by atoms with Gasteiger partial charge in [0.25, 0.3) is 0 Å². The standard InChI is InChI=1S/C18H26O2/c19-17(16-7-3-1-4-8-16)13-15-9-12-20-18(14-15)10-5-2-6-11-18/h1,3-4,7-8,15,17,19H,2,5-6,9-14H2. The number of hydrogen-bond donors (Lipinski definition) is 1. The molecule has 0 bridgehead atoms. The van der Waals surface area contributed by atoms with Crippen molar-refractivity contribution in [3.63, 3.8) is 0 Å². The predicted molar refractivity (Wildman–Crippen MR) is 80.5 cm³/mol. The average molecular weight is 274 g/mol. The van der Waals surface area contributed by atoms with Crippen molar-refractivity contribution in [2.75, 3.05) is 6.61 Å². The molecule has 1 aliphatic heterocycles. The Morgan fingerprint density at radius 1 is 1.15 bits per heavy atom. The van der Waals surface area contributed by atoms with E-state index in [2.05, 4.69) is 0 Å². The lowest BCUT2D eigenvalue weighted by Gasteiger charge is -2.44. The molecule has 0 aromatic heterocycles. The molecule has 1 N–H and O–H groups in total. The second kappa shape index (κ2) is 6.28. The molecule has 2 fully saturated rings. The highest BCUT2D eigenvalue weighted by Crippen LogP contribution is 2.42. The second-order valence-electron chi connectivity index (χ2n) is 6.61. The maximum absolute atomic E-state index is 10.4. The Morgan fingerprint density at radius 2 is 1.90 bits per heavy atom. The molecule has 1 spiro atoms. The fourth-order valence-electron chi connectivity index (χ4n) is 4.00. The minimum atomic E-state index is -0.319. The van der Waals surface area contributed by atoms with Crippen LogP contribution in [0, 0.1) is 5.92 Å². The highest BCUT2D eigenvalue weighted by molar-refractivity contribution is 5.17. The number of aliphatic hydroxyl groups excluding tert-OH is 1. The summed E-state index contributed by atoms with van der Waals surface area (Å²) >= 11 is 0. The second-order valence-corrected chi connectivity index (χ2v) is 6.61. The van der Waals surface area contributed by atoms with Crippen molar-refractivity contribution in [3.8, 4) is 0 Å². The van der Waals surface area contributed by atoms with E-state index in [1.54, 1.807) is 0 Å². The molecule has 2 atom stereocenters. The van der Waals surface area contributed by atoms with E-state index in [1.807, 2.05) is 30.3 Å². The summed E-state index contributed by atoms with van der Waals surface area (Å²) in [4.78, 5) is 0. The van der Waals surface area contributed by atoms with Crippen molar-refractivity contribution in [2.45, 2.75) is 63.1 Å². The van der Waals surface area contributed by atoms with E-state index in [-0.39, 0.29) is 11.7 Å². The first-order chi connectivity index (χ1) is 9.77. The van der Waals surface area contributed by atoms with Gasteiger partial charge in [0.05, 0.1) is 11.7 Å². The van der Waals surface area contributed by atoms with Crippen molar-refractivity contribution >= 4 is 0 Å². The van der Waals surface area contributed by atoms with Gasteiger partial charge in [-0.15, -0.1) is 0 Å². The summed E-state index contributed by atoms with van der Waals surface area (Å²) in [6, 6.07) is 10.1. The van der Waals surface area contributed by atoms with Gasteiger partial charge in [0, 0.05) is 6.61 Å². The topological polar surface area (TPSA) is 29.5 Å². The fourth-order valence-corrected chi connectivity index (χ4v) is 4.00. The van der Waals surface area contributed by atoms with Crippen molar-refractivity contribution < 1.29 is 9.84 Å². The molecule has 1 aliphatic carbocycles. The molecule has 20 heavy (non-hydrogen) atoms. The van der Waals surface area contributed by atoms with Gasteiger partial charge >= 0.3 is 0 Å². The third kappa shape index (κ3) is 3.24. The van der Waals surface area contributed by atoms with Gasteiger partial charge in [0.15, 0.2) is 0 Å². The van der Waals surface area contributed by atoms with E-state index in [4.69, 9.17) is 4.74 Å². The first-order valence-electron chi connectivity index (χ1n) is 8.14. The van der Waals surface area contributed by atoms with Crippen LogP contribution in [0.4, 0.5) is 0 Å². The molecule has 1 aromatic carbocycles. The number of benzene rings is 1. The Balaban J connectivity index is 1.60. The molecular weight excluding hydrogens is 248 g/mol. The van der Waals surface area contributed by atoms with Crippen molar-refractivity contribution in [1.82, 2.24) is 0 Å². The number of rotatable bonds is 3. The molecule has 3 rings (SSSR count). The number of aliphatic hydroxyl groups is 1. The molecule has 0 radical (unpaired) electrons. The maximum atomic E-state index is 10.4. The van der Waals surface area contributed by atoms with Crippen LogP contribution >= 0.6 is 0 Å². The van der Waals surface area contributed by atoms with Crippen LogP contribution in [0.2, 0.25) is 0 Å². The van der Waals surface area contributed by atoms with Gasteiger partial charge in [-0.2, -0.15) is 0 Å². The smallest absolute Gasteiger partial charge is 0.0792 e. The summed E-state index contributed by atoms with van der Waals surface area (Å²) in [6.45, 7) is 0.881. The van der Waals surface area contributed by atoms with Crippen molar-refractivity contribution in [3.05, 3.63) is 35.9 Å². The molecule has 2 aliphatic rings. The monoisotopic (exact) mass is 274 g/mol. The summed E-state index contributed by atoms with van der Waals surface area (Å²) in [5.74, 6) is 0.608. The zero-order chi connectivity index (χ0) is 13.8. The Bertz CT molecular complexity index is 403. The highest BCUT2D eigenvalue weighted by Gasteiger charge is 2.38. The molecule has 110 valence electrons. The largest absolute Gasteiger partial charge is 0.388 e. The van der Waals surface area contributed by atoms with Crippen molar-refractivity contribution in [2.24, 2.45) is 5.92 Å². The molecule has 1 heterocycles. The van der Waals surface area contributed by atoms with Gasteiger partial charge < -0.3 is 9.84 Å². The normalized spacial score (nSPS) is 27.4. The van der Waals surface area contributed by atoms with E-state index in [0.717, 1.165) is 31.4 Å². The summed E-state index contributed by atoms with van der Waals surface area (Å²) in [6.07, 6.45) is 9.26. The van der Waals surface area contributed by atoms with Gasteiger partial charge in [-0.05, 0) is 43.6 Å². The molecule has 1 saturated carbocycles. The third-order valence-electron chi connectivity index (χ3n) is 5.10. The lowest BCUT2D eigenvalue weighted by molar-refractivity contribution is -0.121. The van der Waals surface area contributed by atoms with Crippen molar-refractivity contribution in [1.29, 1.82) is 0 Å². The van der Waals surface area contributed by atoms with Gasteiger partial charge in [0.1, 0.15) is 0 Å². The van der Waals surface area contributed by atoms with E-state index < -0.39 is 0 Å². The van der Waals surface area contributed by atoms with Gasteiger partial charge in [-0.3, -0.25) is 0 Å². The zero-order valence-electron chi connectivity index (χ0n) is 12.3.